The van der Waals surface area contributed by atoms with E-state index in [1.807, 2.05) is 26.0 Å². The molecule has 0 fully saturated rings. The van der Waals surface area contributed by atoms with E-state index in [0.29, 0.717) is 19.6 Å². The molecule has 2 rings (SSSR count). The van der Waals surface area contributed by atoms with Crippen LogP contribution < -0.4 is 5.32 Å². The van der Waals surface area contributed by atoms with Crippen molar-refractivity contribution in [2.75, 3.05) is 13.1 Å². The molecule has 6 heteroatoms. The topological polar surface area (TPSA) is 75.2 Å². The zero-order chi connectivity index (χ0) is 16.7. The number of aromatic nitrogens is 2. The molecule has 0 aliphatic carbocycles. The summed E-state index contributed by atoms with van der Waals surface area (Å²) in [6.45, 7) is 5.39. The van der Waals surface area contributed by atoms with E-state index in [9.17, 15) is 9.59 Å². The van der Waals surface area contributed by atoms with Crippen molar-refractivity contribution >= 4 is 11.8 Å². The SMILES string of the molecule is CCN(CC)C(=O)c1cccc(C(=O)NCc2cccnc2)n1. The molecule has 2 amide bonds. The molecule has 1 N–H and O–H groups in total. The van der Waals surface area contributed by atoms with Crippen LogP contribution in [-0.2, 0) is 6.54 Å². The van der Waals surface area contributed by atoms with Crippen LogP contribution in [0, 0.1) is 0 Å². The van der Waals surface area contributed by atoms with Crippen LogP contribution in [0.3, 0.4) is 0 Å². The number of pyridine rings is 2. The summed E-state index contributed by atoms with van der Waals surface area (Å²) in [7, 11) is 0. The first-order valence-electron chi connectivity index (χ1n) is 7.59. The maximum atomic E-state index is 12.3. The number of hydrogen-bond acceptors (Lipinski definition) is 4. The summed E-state index contributed by atoms with van der Waals surface area (Å²) < 4.78 is 0. The monoisotopic (exact) mass is 312 g/mol. The molecule has 0 aliphatic heterocycles. The van der Waals surface area contributed by atoms with Crippen LogP contribution >= 0.6 is 0 Å². The van der Waals surface area contributed by atoms with Gasteiger partial charge in [-0.3, -0.25) is 14.6 Å². The molecular formula is C17H20N4O2. The Morgan fingerprint density at radius 3 is 2.48 bits per heavy atom. The Hall–Kier alpha value is -2.76. The third kappa shape index (κ3) is 4.35. The van der Waals surface area contributed by atoms with Gasteiger partial charge in [-0.05, 0) is 37.6 Å². The predicted molar refractivity (Wildman–Crippen MR) is 86.9 cm³/mol. The molecule has 0 bridgehead atoms. The maximum absolute atomic E-state index is 12.3. The number of carbonyl (C=O) groups is 2. The van der Waals surface area contributed by atoms with Crippen LogP contribution in [0.15, 0.2) is 42.7 Å². The molecular weight excluding hydrogens is 292 g/mol. The molecule has 0 atom stereocenters. The van der Waals surface area contributed by atoms with E-state index in [-0.39, 0.29) is 23.2 Å². The molecule has 0 radical (unpaired) electrons. The second-order valence-corrected chi connectivity index (χ2v) is 4.93. The average molecular weight is 312 g/mol. The predicted octanol–water partition coefficient (Wildman–Crippen LogP) is 1.89. The Morgan fingerprint density at radius 2 is 1.83 bits per heavy atom. The van der Waals surface area contributed by atoms with Crippen molar-refractivity contribution in [2.45, 2.75) is 20.4 Å². The zero-order valence-corrected chi connectivity index (χ0v) is 13.3. The van der Waals surface area contributed by atoms with E-state index in [4.69, 9.17) is 0 Å². The first-order valence-corrected chi connectivity index (χ1v) is 7.59. The Bertz CT molecular complexity index is 669. The Labute approximate surface area is 135 Å². The Kier molecular flexibility index (Phi) is 5.80. The van der Waals surface area contributed by atoms with Crippen molar-refractivity contribution in [3.63, 3.8) is 0 Å². The van der Waals surface area contributed by atoms with Crippen LogP contribution in [-0.4, -0.2) is 39.8 Å². The van der Waals surface area contributed by atoms with Crippen molar-refractivity contribution in [1.82, 2.24) is 20.2 Å². The standard InChI is InChI=1S/C17H20N4O2/c1-3-21(4-2)17(23)15-9-5-8-14(20-15)16(22)19-12-13-7-6-10-18-11-13/h5-11H,3-4,12H2,1-2H3,(H,19,22). The third-order valence-corrected chi connectivity index (χ3v) is 3.43. The average Bonchev–Trinajstić information content (AvgIpc) is 2.61. The van der Waals surface area contributed by atoms with Gasteiger partial charge < -0.3 is 10.2 Å². The summed E-state index contributed by atoms with van der Waals surface area (Å²) in [4.78, 5) is 34.3. The summed E-state index contributed by atoms with van der Waals surface area (Å²) in [5.41, 5.74) is 1.41. The lowest BCUT2D eigenvalue weighted by molar-refractivity contribution is 0.0767. The van der Waals surface area contributed by atoms with E-state index >= 15 is 0 Å². The molecule has 120 valence electrons. The molecule has 0 spiro atoms. The number of hydrogen-bond donors (Lipinski definition) is 1. The van der Waals surface area contributed by atoms with Gasteiger partial charge in [0.05, 0.1) is 0 Å². The van der Waals surface area contributed by atoms with E-state index in [1.165, 1.54) is 0 Å². The highest BCUT2D eigenvalue weighted by Gasteiger charge is 2.16. The quantitative estimate of drug-likeness (QED) is 0.884. The van der Waals surface area contributed by atoms with Gasteiger partial charge in [0.2, 0.25) is 0 Å². The number of rotatable bonds is 6. The van der Waals surface area contributed by atoms with Gasteiger partial charge in [-0.1, -0.05) is 12.1 Å². The van der Waals surface area contributed by atoms with Crippen molar-refractivity contribution in [3.8, 4) is 0 Å². The van der Waals surface area contributed by atoms with Gasteiger partial charge in [-0.25, -0.2) is 4.98 Å². The molecule has 2 aromatic heterocycles. The number of carbonyl (C=O) groups excluding carboxylic acids is 2. The number of nitrogens with zero attached hydrogens (tertiary/aromatic N) is 3. The lowest BCUT2D eigenvalue weighted by Crippen LogP contribution is -2.32. The van der Waals surface area contributed by atoms with E-state index in [0.717, 1.165) is 5.56 Å². The summed E-state index contributed by atoms with van der Waals surface area (Å²) >= 11 is 0. The normalized spacial score (nSPS) is 10.2. The minimum atomic E-state index is -0.317. The van der Waals surface area contributed by atoms with E-state index < -0.39 is 0 Å². The molecule has 0 saturated carbocycles. The van der Waals surface area contributed by atoms with E-state index in [1.54, 1.807) is 35.5 Å². The summed E-state index contributed by atoms with van der Waals surface area (Å²) in [5.74, 6) is -0.486. The first kappa shape index (κ1) is 16.6. The Balaban J connectivity index is 2.06. The lowest BCUT2D eigenvalue weighted by Gasteiger charge is -2.18. The molecule has 0 unspecified atom stereocenters. The Morgan fingerprint density at radius 1 is 1.09 bits per heavy atom. The molecule has 6 nitrogen and oxygen atoms in total. The lowest BCUT2D eigenvalue weighted by atomic mass is 10.2. The van der Waals surface area contributed by atoms with Gasteiger partial charge in [-0.2, -0.15) is 0 Å². The molecule has 0 saturated heterocycles. The minimum absolute atomic E-state index is 0.170. The second kappa shape index (κ2) is 8.03. The van der Waals surface area contributed by atoms with Crippen molar-refractivity contribution in [3.05, 3.63) is 59.7 Å². The van der Waals surface area contributed by atoms with Gasteiger partial charge in [0, 0.05) is 32.0 Å². The molecule has 2 aromatic rings. The smallest absolute Gasteiger partial charge is 0.272 e. The van der Waals surface area contributed by atoms with Crippen LogP contribution in [0.5, 0.6) is 0 Å². The molecule has 23 heavy (non-hydrogen) atoms. The summed E-state index contributed by atoms with van der Waals surface area (Å²) in [6, 6.07) is 8.57. The molecule has 0 aromatic carbocycles. The van der Waals surface area contributed by atoms with Crippen LogP contribution in [0.4, 0.5) is 0 Å². The number of amides is 2. The minimum Gasteiger partial charge on any atom is -0.347 e. The first-order chi connectivity index (χ1) is 11.2. The van der Waals surface area contributed by atoms with Crippen molar-refractivity contribution in [1.29, 1.82) is 0 Å². The highest BCUT2D eigenvalue weighted by Crippen LogP contribution is 2.05. The maximum Gasteiger partial charge on any atom is 0.272 e. The van der Waals surface area contributed by atoms with Gasteiger partial charge in [0.1, 0.15) is 11.4 Å². The fourth-order valence-electron chi connectivity index (χ4n) is 2.13. The summed E-state index contributed by atoms with van der Waals surface area (Å²) in [6.07, 6.45) is 3.36. The number of nitrogens with one attached hydrogen (secondary N) is 1. The summed E-state index contributed by atoms with van der Waals surface area (Å²) in [5, 5.41) is 2.77. The highest BCUT2D eigenvalue weighted by atomic mass is 16.2. The fraction of sp³-hybridized carbons (Fsp3) is 0.294. The highest BCUT2D eigenvalue weighted by molar-refractivity contribution is 5.96. The van der Waals surface area contributed by atoms with Crippen LogP contribution in [0.25, 0.3) is 0 Å². The van der Waals surface area contributed by atoms with E-state index in [2.05, 4.69) is 15.3 Å². The second-order valence-electron chi connectivity index (χ2n) is 4.93. The van der Waals surface area contributed by atoms with Crippen LogP contribution in [0.1, 0.15) is 40.4 Å². The van der Waals surface area contributed by atoms with Crippen molar-refractivity contribution in [2.24, 2.45) is 0 Å². The van der Waals surface area contributed by atoms with Gasteiger partial charge in [0.15, 0.2) is 0 Å². The zero-order valence-electron chi connectivity index (χ0n) is 13.3. The van der Waals surface area contributed by atoms with Crippen LogP contribution in [0.2, 0.25) is 0 Å². The largest absolute Gasteiger partial charge is 0.347 e. The van der Waals surface area contributed by atoms with Crippen molar-refractivity contribution < 1.29 is 9.59 Å². The fourth-order valence-corrected chi connectivity index (χ4v) is 2.13. The van der Waals surface area contributed by atoms with Gasteiger partial charge >= 0.3 is 0 Å². The molecule has 2 heterocycles. The molecule has 0 aliphatic rings. The van der Waals surface area contributed by atoms with Gasteiger partial charge in [-0.15, -0.1) is 0 Å². The van der Waals surface area contributed by atoms with Gasteiger partial charge in [0.25, 0.3) is 11.8 Å². The third-order valence-electron chi connectivity index (χ3n) is 3.43.